The second kappa shape index (κ2) is 6.15. The van der Waals surface area contributed by atoms with E-state index in [-0.39, 0.29) is 17.4 Å². The zero-order valence-electron chi connectivity index (χ0n) is 12.0. The molecule has 1 aromatic carbocycles. The van der Waals surface area contributed by atoms with Crippen LogP contribution in [0.1, 0.15) is 16.9 Å². The minimum Gasteiger partial charge on any atom is -0.476 e. The average molecular weight is 320 g/mol. The van der Waals surface area contributed by atoms with E-state index in [9.17, 15) is 13.6 Å². The molecule has 0 radical (unpaired) electrons. The van der Waals surface area contributed by atoms with Gasteiger partial charge in [0.1, 0.15) is 23.1 Å². The van der Waals surface area contributed by atoms with Crippen molar-refractivity contribution < 1.29 is 18.7 Å². The fraction of sp³-hybridized carbons (Fsp3) is 0.267. The molecule has 1 unspecified atom stereocenters. The summed E-state index contributed by atoms with van der Waals surface area (Å²) < 4.78 is 27.6. The summed E-state index contributed by atoms with van der Waals surface area (Å²) in [5.41, 5.74) is -0.166. The SMILES string of the molecule is O=C(O)c1cnc(NC2CCN(c3c(F)cccc3F)C2)cn1. The number of para-hydroxylation sites is 1. The molecule has 8 heteroatoms. The molecule has 2 N–H and O–H groups in total. The Kier molecular flexibility index (Phi) is 4.05. The first kappa shape index (κ1) is 15.1. The second-order valence-electron chi connectivity index (χ2n) is 5.24. The Balaban J connectivity index is 1.67. The van der Waals surface area contributed by atoms with Crippen LogP contribution in [0.25, 0.3) is 0 Å². The Morgan fingerprint density at radius 2 is 2.00 bits per heavy atom. The molecule has 120 valence electrons. The summed E-state index contributed by atoms with van der Waals surface area (Å²) in [6, 6.07) is 3.74. The van der Waals surface area contributed by atoms with Crippen LogP contribution >= 0.6 is 0 Å². The lowest BCUT2D eigenvalue weighted by Crippen LogP contribution is -2.27. The van der Waals surface area contributed by atoms with Gasteiger partial charge in [0.15, 0.2) is 5.69 Å². The van der Waals surface area contributed by atoms with Crippen molar-refractivity contribution in [1.82, 2.24) is 9.97 Å². The van der Waals surface area contributed by atoms with Gasteiger partial charge in [-0.15, -0.1) is 0 Å². The van der Waals surface area contributed by atoms with Crippen molar-refractivity contribution in [2.45, 2.75) is 12.5 Å². The largest absolute Gasteiger partial charge is 0.476 e. The van der Waals surface area contributed by atoms with Crippen LogP contribution in [0.4, 0.5) is 20.3 Å². The van der Waals surface area contributed by atoms with Gasteiger partial charge in [-0.25, -0.2) is 23.5 Å². The van der Waals surface area contributed by atoms with Crippen LogP contribution in [0.2, 0.25) is 0 Å². The number of nitrogens with one attached hydrogen (secondary N) is 1. The molecule has 3 rings (SSSR count). The maximum Gasteiger partial charge on any atom is 0.356 e. The van der Waals surface area contributed by atoms with Crippen LogP contribution in [0.5, 0.6) is 0 Å². The number of anilines is 2. The van der Waals surface area contributed by atoms with Gasteiger partial charge in [-0.05, 0) is 18.6 Å². The predicted molar refractivity (Wildman–Crippen MR) is 79.6 cm³/mol. The van der Waals surface area contributed by atoms with Crippen LogP contribution in [0.15, 0.2) is 30.6 Å². The van der Waals surface area contributed by atoms with Crippen molar-refractivity contribution in [2.24, 2.45) is 0 Å². The molecule has 0 spiro atoms. The number of aromatic nitrogens is 2. The Hall–Kier alpha value is -2.77. The van der Waals surface area contributed by atoms with Crippen LogP contribution < -0.4 is 10.2 Å². The van der Waals surface area contributed by atoms with Crippen LogP contribution in [0, 0.1) is 11.6 Å². The molecule has 1 aromatic heterocycles. The molecular weight excluding hydrogens is 306 g/mol. The lowest BCUT2D eigenvalue weighted by atomic mass is 10.2. The zero-order valence-corrected chi connectivity index (χ0v) is 12.0. The summed E-state index contributed by atoms with van der Waals surface area (Å²) >= 11 is 0. The number of carboxylic acids is 1. The Morgan fingerprint density at radius 3 is 2.61 bits per heavy atom. The standard InChI is InChI=1S/C15H14F2N4O2/c16-10-2-1-3-11(17)14(10)21-5-4-9(8-21)20-13-7-18-12(6-19-13)15(22)23/h1-3,6-7,9H,4-5,8H2,(H,19,20)(H,22,23). The number of aromatic carboxylic acids is 1. The molecule has 1 aliphatic heterocycles. The number of nitrogens with zero attached hydrogens (tertiary/aromatic N) is 3. The third-order valence-electron chi connectivity index (χ3n) is 3.66. The summed E-state index contributed by atoms with van der Waals surface area (Å²) in [7, 11) is 0. The van der Waals surface area contributed by atoms with Gasteiger partial charge >= 0.3 is 5.97 Å². The first-order chi connectivity index (χ1) is 11.0. The number of hydrogen-bond donors (Lipinski definition) is 2. The van der Waals surface area contributed by atoms with E-state index >= 15 is 0 Å². The second-order valence-corrected chi connectivity index (χ2v) is 5.24. The predicted octanol–water partition coefficient (Wildman–Crippen LogP) is 2.14. The molecule has 2 aromatic rings. The molecule has 0 amide bonds. The fourth-order valence-corrected chi connectivity index (χ4v) is 2.59. The van der Waals surface area contributed by atoms with Crippen LogP contribution in [-0.4, -0.2) is 40.2 Å². The van der Waals surface area contributed by atoms with Crippen molar-refractivity contribution in [1.29, 1.82) is 0 Å². The van der Waals surface area contributed by atoms with E-state index in [1.807, 2.05) is 0 Å². The molecule has 0 saturated carbocycles. The molecular formula is C15H14F2N4O2. The van der Waals surface area contributed by atoms with E-state index in [0.29, 0.717) is 25.3 Å². The molecule has 2 heterocycles. The molecule has 6 nitrogen and oxygen atoms in total. The smallest absolute Gasteiger partial charge is 0.356 e. The van der Waals surface area contributed by atoms with E-state index in [4.69, 9.17) is 5.11 Å². The number of halogens is 2. The summed E-state index contributed by atoms with van der Waals surface area (Å²) in [6.07, 6.45) is 3.17. The molecule has 1 saturated heterocycles. The lowest BCUT2D eigenvalue weighted by molar-refractivity contribution is 0.0690. The lowest BCUT2D eigenvalue weighted by Gasteiger charge is -2.20. The minimum atomic E-state index is -1.15. The highest BCUT2D eigenvalue weighted by atomic mass is 19.1. The van der Waals surface area contributed by atoms with E-state index in [1.165, 1.54) is 24.4 Å². The molecule has 23 heavy (non-hydrogen) atoms. The highest BCUT2D eigenvalue weighted by Crippen LogP contribution is 2.27. The Labute approximate surface area is 130 Å². The van der Waals surface area contributed by atoms with Gasteiger partial charge in [-0.3, -0.25) is 0 Å². The summed E-state index contributed by atoms with van der Waals surface area (Å²) in [5.74, 6) is -1.89. The van der Waals surface area contributed by atoms with E-state index in [2.05, 4.69) is 15.3 Å². The van der Waals surface area contributed by atoms with Crippen molar-refractivity contribution >= 4 is 17.5 Å². The number of rotatable bonds is 4. The van der Waals surface area contributed by atoms with Gasteiger partial charge in [-0.2, -0.15) is 0 Å². The van der Waals surface area contributed by atoms with Crippen LogP contribution in [-0.2, 0) is 0 Å². The summed E-state index contributed by atoms with van der Waals surface area (Å²) in [6.45, 7) is 0.927. The van der Waals surface area contributed by atoms with Gasteiger partial charge in [0.25, 0.3) is 0 Å². The van der Waals surface area contributed by atoms with Gasteiger partial charge in [0.2, 0.25) is 0 Å². The number of carbonyl (C=O) groups is 1. The maximum absolute atomic E-state index is 13.8. The molecule has 1 fully saturated rings. The maximum atomic E-state index is 13.8. The summed E-state index contributed by atoms with van der Waals surface area (Å²) in [4.78, 5) is 20.1. The highest BCUT2D eigenvalue weighted by Gasteiger charge is 2.26. The van der Waals surface area contributed by atoms with E-state index < -0.39 is 17.6 Å². The first-order valence-corrected chi connectivity index (χ1v) is 7.05. The van der Waals surface area contributed by atoms with Crippen molar-refractivity contribution in [2.75, 3.05) is 23.3 Å². The van der Waals surface area contributed by atoms with Crippen molar-refractivity contribution in [3.8, 4) is 0 Å². The molecule has 1 atom stereocenters. The van der Waals surface area contributed by atoms with Gasteiger partial charge in [0, 0.05) is 19.1 Å². The highest BCUT2D eigenvalue weighted by molar-refractivity contribution is 5.84. The topological polar surface area (TPSA) is 78.3 Å². The third kappa shape index (κ3) is 3.20. The fourth-order valence-electron chi connectivity index (χ4n) is 2.59. The van der Waals surface area contributed by atoms with Crippen LogP contribution in [0.3, 0.4) is 0 Å². The molecule has 1 aliphatic rings. The number of hydrogen-bond acceptors (Lipinski definition) is 5. The molecule has 0 bridgehead atoms. The van der Waals surface area contributed by atoms with Gasteiger partial charge in [-0.1, -0.05) is 6.07 Å². The Bertz CT molecular complexity index is 704. The quantitative estimate of drug-likeness (QED) is 0.899. The third-order valence-corrected chi connectivity index (χ3v) is 3.66. The van der Waals surface area contributed by atoms with Gasteiger partial charge < -0.3 is 15.3 Å². The van der Waals surface area contributed by atoms with Crippen molar-refractivity contribution in [3.63, 3.8) is 0 Å². The van der Waals surface area contributed by atoms with Crippen molar-refractivity contribution in [3.05, 3.63) is 47.9 Å². The van der Waals surface area contributed by atoms with E-state index in [0.717, 1.165) is 6.20 Å². The van der Waals surface area contributed by atoms with E-state index in [1.54, 1.807) is 4.90 Å². The van der Waals surface area contributed by atoms with Gasteiger partial charge in [0.05, 0.1) is 12.4 Å². The summed E-state index contributed by atoms with van der Waals surface area (Å²) in [5, 5.41) is 11.9. The zero-order chi connectivity index (χ0) is 16.4. The first-order valence-electron chi connectivity index (χ1n) is 7.05. The monoisotopic (exact) mass is 320 g/mol. The number of carboxylic acid groups (broad SMARTS) is 1. The molecule has 0 aliphatic carbocycles. The Morgan fingerprint density at radius 1 is 1.26 bits per heavy atom. The number of benzene rings is 1. The average Bonchev–Trinajstić information content (AvgIpc) is 2.96. The normalized spacial score (nSPS) is 17.3. The minimum absolute atomic E-state index is 0.0240.